The summed E-state index contributed by atoms with van der Waals surface area (Å²) in [5.74, 6) is -0.578. The van der Waals surface area contributed by atoms with E-state index in [1.807, 2.05) is 30.3 Å². The van der Waals surface area contributed by atoms with Crippen molar-refractivity contribution in [1.29, 1.82) is 0 Å². The average Bonchev–Trinajstić information content (AvgIpc) is 3.06. The smallest absolute Gasteiger partial charge is 0.317 e. The van der Waals surface area contributed by atoms with Gasteiger partial charge in [0.05, 0.1) is 15.7 Å². The quantitative estimate of drug-likeness (QED) is 0.460. The highest BCUT2D eigenvalue weighted by molar-refractivity contribution is 6.34. The van der Waals surface area contributed by atoms with Crippen LogP contribution in [0.3, 0.4) is 0 Å². The third-order valence-corrected chi connectivity index (χ3v) is 5.16. The Balaban J connectivity index is 1.81. The van der Waals surface area contributed by atoms with E-state index in [0.29, 0.717) is 28.0 Å². The van der Waals surface area contributed by atoms with E-state index in [1.54, 1.807) is 48.5 Å². The second-order valence-corrected chi connectivity index (χ2v) is 7.36. The lowest BCUT2D eigenvalue weighted by atomic mass is 10.2. The van der Waals surface area contributed by atoms with Gasteiger partial charge in [-0.05, 0) is 29.8 Å². The summed E-state index contributed by atoms with van der Waals surface area (Å²) in [6, 6.07) is 23.2. The number of aromatic nitrogens is 3. The number of anilines is 1. The Labute approximate surface area is 182 Å². The van der Waals surface area contributed by atoms with Crippen molar-refractivity contribution >= 4 is 34.8 Å². The van der Waals surface area contributed by atoms with Gasteiger partial charge in [-0.1, -0.05) is 87.7 Å². The molecule has 0 unspecified atom stereocenters. The fourth-order valence-corrected chi connectivity index (χ4v) is 3.48. The highest BCUT2D eigenvalue weighted by atomic mass is 35.5. The molecule has 8 heteroatoms. The van der Waals surface area contributed by atoms with Gasteiger partial charge in [-0.2, -0.15) is 0 Å². The molecule has 150 valence electrons. The van der Waals surface area contributed by atoms with Gasteiger partial charge in [0.25, 0.3) is 0 Å². The molecule has 6 nitrogen and oxygen atoms in total. The molecule has 0 saturated carbocycles. The number of halogens is 2. The van der Waals surface area contributed by atoms with Crippen molar-refractivity contribution in [3.05, 3.63) is 111 Å². The van der Waals surface area contributed by atoms with Crippen LogP contribution in [0.4, 0.5) is 5.69 Å². The number of benzene rings is 3. The molecule has 2 N–H and O–H groups in total. The number of carbonyl (C=O) groups is 1. The first-order valence-corrected chi connectivity index (χ1v) is 9.90. The van der Waals surface area contributed by atoms with Crippen molar-refractivity contribution in [1.82, 2.24) is 9.90 Å². The summed E-state index contributed by atoms with van der Waals surface area (Å²) in [7, 11) is 0. The topological polar surface area (TPSA) is 70.8 Å². The Morgan fingerprint density at radius 1 is 0.900 bits per heavy atom. The van der Waals surface area contributed by atoms with Crippen LogP contribution in [0.2, 0.25) is 10.0 Å². The zero-order chi connectivity index (χ0) is 21.1. The van der Waals surface area contributed by atoms with Gasteiger partial charge in [0.15, 0.2) is 5.69 Å². The SMILES string of the molecule is O=C(Nc1ccccc1Cl)c1c(=O)n(-c2ccccc2Cl)[nH][n+]1Cc1ccccc1. The first-order chi connectivity index (χ1) is 14.5. The normalized spacial score (nSPS) is 10.7. The van der Waals surface area contributed by atoms with E-state index in [0.717, 1.165) is 5.56 Å². The number of H-pyrrole nitrogens is 1. The molecule has 4 aromatic rings. The third kappa shape index (κ3) is 4.01. The molecule has 0 aliphatic carbocycles. The minimum atomic E-state index is -0.578. The van der Waals surface area contributed by atoms with E-state index >= 15 is 0 Å². The Morgan fingerprint density at radius 3 is 2.23 bits per heavy atom. The molecule has 0 bridgehead atoms. The molecular weight excluding hydrogens is 423 g/mol. The molecule has 0 radical (unpaired) electrons. The molecule has 1 amide bonds. The summed E-state index contributed by atoms with van der Waals surface area (Å²) >= 11 is 12.4. The van der Waals surface area contributed by atoms with Gasteiger partial charge in [0.1, 0.15) is 6.54 Å². The molecule has 30 heavy (non-hydrogen) atoms. The van der Waals surface area contributed by atoms with Gasteiger partial charge >= 0.3 is 17.2 Å². The Morgan fingerprint density at radius 2 is 1.53 bits per heavy atom. The fourth-order valence-electron chi connectivity index (χ4n) is 3.08. The standard InChI is InChI=1S/C22H16Cl2N4O2/c23-16-10-4-6-12-18(16)25-21(29)20-22(30)28(19-13-7-5-11-17(19)24)26-27(20)14-15-8-2-1-3-9-15/h1-13H,14H2,(H-,25,26,29,30)/p+1. The summed E-state index contributed by atoms with van der Waals surface area (Å²) < 4.78 is 2.75. The van der Waals surface area contributed by atoms with E-state index in [1.165, 1.54) is 9.36 Å². The van der Waals surface area contributed by atoms with Gasteiger partial charge in [-0.15, -0.1) is 4.68 Å². The van der Waals surface area contributed by atoms with E-state index in [4.69, 9.17) is 23.2 Å². The van der Waals surface area contributed by atoms with Crippen LogP contribution in [0.1, 0.15) is 16.1 Å². The van der Waals surface area contributed by atoms with Gasteiger partial charge in [-0.3, -0.25) is 4.79 Å². The van der Waals surface area contributed by atoms with Crippen LogP contribution >= 0.6 is 23.2 Å². The number of nitrogens with one attached hydrogen (secondary N) is 2. The number of hydrogen-bond donors (Lipinski definition) is 2. The van der Waals surface area contributed by atoms with Crippen LogP contribution in [-0.2, 0) is 6.54 Å². The number of nitrogens with zero attached hydrogens (tertiary/aromatic N) is 2. The molecule has 0 atom stereocenters. The monoisotopic (exact) mass is 439 g/mol. The summed E-state index contributed by atoms with van der Waals surface area (Å²) in [6.45, 7) is 0.290. The second kappa shape index (κ2) is 8.57. The van der Waals surface area contributed by atoms with Gasteiger partial charge in [-0.25, -0.2) is 4.79 Å². The van der Waals surface area contributed by atoms with E-state index in [-0.39, 0.29) is 5.69 Å². The molecule has 4 rings (SSSR count). The summed E-state index contributed by atoms with van der Waals surface area (Å²) in [4.78, 5) is 26.3. The molecule has 0 aliphatic heterocycles. The van der Waals surface area contributed by atoms with Crippen molar-refractivity contribution in [2.24, 2.45) is 0 Å². The van der Waals surface area contributed by atoms with Crippen LogP contribution in [0, 0.1) is 0 Å². The molecule has 0 spiro atoms. The van der Waals surface area contributed by atoms with Crippen LogP contribution in [0.5, 0.6) is 0 Å². The first-order valence-electron chi connectivity index (χ1n) is 9.14. The first kappa shape index (κ1) is 19.9. The van der Waals surface area contributed by atoms with E-state index < -0.39 is 11.5 Å². The number of amides is 1. The highest BCUT2D eigenvalue weighted by Crippen LogP contribution is 2.21. The van der Waals surface area contributed by atoms with Gasteiger partial charge in [0, 0.05) is 0 Å². The number of rotatable bonds is 5. The van der Waals surface area contributed by atoms with Crippen molar-refractivity contribution < 1.29 is 9.48 Å². The second-order valence-electron chi connectivity index (χ2n) is 6.55. The molecule has 0 saturated heterocycles. The summed E-state index contributed by atoms with van der Waals surface area (Å²) in [6.07, 6.45) is 0. The van der Waals surface area contributed by atoms with Crippen molar-refractivity contribution in [3.8, 4) is 5.69 Å². The van der Waals surface area contributed by atoms with Crippen LogP contribution < -0.4 is 15.6 Å². The number of hydrogen-bond acceptors (Lipinski definition) is 2. The lowest BCUT2D eigenvalue weighted by Crippen LogP contribution is -2.45. The molecule has 3 aromatic carbocycles. The predicted octanol–water partition coefficient (Wildman–Crippen LogP) is 4.06. The van der Waals surface area contributed by atoms with E-state index in [2.05, 4.69) is 10.5 Å². The maximum Gasteiger partial charge on any atom is 0.411 e. The fraction of sp³-hybridized carbons (Fsp3) is 0.0455. The number of carbonyl (C=O) groups excluding carboxylic acids is 1. The van der Waals surface area contributed by atoms with E-state index in [9.17, 15) is 9.59 Å². The summed E-state index contributed by atoms with van der Waals surface area (Å²) in [5.41, 5.74) is 1.19. The Bertz CT molecular complexity index is 1270. The van der Waals surface area contributed by atoms with Crippen LogP contribution in [0.15, 0.2) is 83.7 Å². The molecule has 0 fully saturated rings. The average molecular weight is 440 g/mol. The maximum absolute atomic E-state index is 13.2. The molecule has 0 aliphatic rings. The molecule has 1 heterocycles. The number of aromatic amines is 1. The molecular formula is C22H17Cl2N4O2+. The van der Waals surface area contributed by atoms with Crippen molar-refractivity contribution in [2.45, 2.75) is 6.54 Å². The highest BCUT2D eigenvalue weighted by Gasteiger charge is 2.30. The Kier molecular flexibility index (Phi) is 5.70. The minimum absolute atomic E-state index is 0.0707. The maximum atomic E-state index is 13.2. The van der Waals surface area contributed by atoms with Crippen molar-refractivity contribution in [3.63, 3.8) is 0 Å². The van der Waals surface area contributed by atoms with Gasteiger partial charge in [0.2, 0.25) is 0 Å². The minimum Gasteiger partial charge on any atom is -0.317 e. The predicted molar refractivity (Wildman–Crippen MR) is 117 cm³/mol. The summed E-state index contributed by atoms with van der Waals surface area (Å²) in [5, 5.41) is 6.45. The van der Waals surface area contributed by atoms with Crippen LogP contribution in [-0.4, -0.2) is 15.8 Å². The zero-order valence-electron chi connectivity index (χ0n) is 15.7. The number of para-hydroxylation sites is 2. The van der Waals surface area contributed by atoms with Crippen molar-refractivity contribution in [2.75, 3.05) is 5.32 Å². The largest absolute Gasteiger partial charge is 0.411 e. The molecule has 1 aromatic heterocycles. The van der Waals surface area contributed by atoms with Crippen LogP contribution in [0.25, 0.3) is 5.69 Å². The van der Waals surface area contributed by atoms with Gasteiger partial charge < -0.3 is 5.32 Å². The lowest BCUT2D eigenvalue weighted by molar-refractivity contribution is -0.748. The Hall–Kier alpha value is -3.35. The lowest BCUT2D eigenvalue weighted by Gasteiger charge is -2.05. The third-order valence-electron chi connectivity index (χ3n) is 4.51. The zero-order valence-corrected chi connectivity index (χ0v) is 17.2.